The van der Waals surface area contributed by atoms with E-state index < -0.39 is 0 Å². The summed E-state index contributed by atoms with van der Waals surface area (Å²) in [6, 6.07) is 5.08. The number of hydrogen-bond donors (Lipinski definition) is 0. The summed E-state index contributed by atoms with van der Waals surface area (Å²) in [5, 5.41) is 0. The zero-order valence-corrected chi connectivity index (χ0v) is 7.96. The fraction of sp³-hybridized carbons (Fsp3) is 0.125. The summed E-state index contributed by atoms with van der Waals surface area (Å²) in [6.07, 6.45) is 1.46. The molecule has 1 rings (SSSR count). The number of rotatable bonds is 2. The topological polar surface area (TPSA) is 38.7 Å². The first-order valence-corrected chi connectivity index (χ1v) is 3.98. The lowest BCUT2D eigenvalue weighted by atomic mass is 10.3. The number of aliphatic imine (C=N–C) groups is 1. The molecular weight excluding hydrogens is 222 g/mol. The van der Waals surface area contributed by atoms with Crippen LogP contribution in [0.15, 0.2) is 27.7 Å². The second-order valence-electron chi connectivity index (χ2n) is 2.02. The van der Waals surface area contributed by atoms with E-state index in [0.29, 0.717) is 11.4 Å². The molecule has 0 atom stereocenters. The van der Waals surface area contributed by atoms with E-state index in [4.69, 9.17) is 4.74 Å². The molecule has 0 N–H and O–H groups in total. The monoisotopic (exact) mass is 227 g/mol. The Hall–Kier alpha value is -1.12. The molecule has 0 amide bonds. The summed E-state index contributed by atoms with van der Waals surface area (Å²) in [4.78, 5) is 13.4. The van der Waals surface area contributed by atoms with Crippen molar-refractivity contribution >= 4 is 27.7 Å². The molecule has 0 fully saturated rings. The normalized spacial score (nSPS) is 8.83. The van der Waals surface area contributed by atoms with E-state index in [0.717, 1.165) is 4.47 Å². The molecule has 0 radical (unpaired) electrons. The standard InChI is InChI=1S/C8H6BrNO2/c1-12-8-3-2-6(10-5-11)4-7(8)9/h2-4H,1H3. The Bertz CT molecular complexity index is 332. The van der Waals surface area contributed by atoms with Crippen LogP contribution < -0.4 is 4.74 Å². The summed E-state index contributed by atoms with van der Waals surface area (Å²) < 4.78 is 5.76. The maximum atomic E-state index is 9.90. The largest absolute Gasteiger partial charge is 0.496 e. The Kier molecular flexibility index (Phi) is 3.02. The van der Waals surface area contributed by atoms with Crippen LogP contribution in [0.2, 0.25) is 0 Å². The molecule has 3 nitrogen and oxygen atoms in total. The quantitative estimate of drug-likeness (QED) is 0.575. The van der Waals surface area contributed by atoms with Gasteiger partial charge in [-0.3, -0.25) is 0 Å². The maximum absolute atomic E-state index is 9.90. The van der Waals surface area contributed by atoms with Crippen molar-refractivity contribution in [3.8, 4) is 5.75 Å². The van der Waals surface area contributed by atoms with Gasteiger partial charge in [0.2, 0.25) is 6.08 Å². The van der Waals surface area contributed by atoms with Crippen LogP contribution in [0.4, 0.5) is 5.69 Å². The molecule has 1 aromatic rings. The number of hydrogen-bond acceptors (Lipinski definition) is 3. The van der Waals surface area contributed by atoms with Gasteiger partial charge in [-0.05, 0) is 34.1 Å². The zero-order valence-electron chi connectivity index (χ0n) is 6.37. The summed E-state index contributed by atoms with van der Waals surface area (Å²) >= 11 is 3.26. The van der Waals surface area contributed by atoms with E-state index in [9.17, 15) is 4.79 Å². The van der Waals surface area contributed by atoms with Crippen LogP contribution in [-0.2, 0) is 4.79 Å². The Labute approximate surface area is 78.2 Å². The number of benzene rings is 1. The van der Waals surface area contributed by atoms with Gasteiger partial charge in [0.15, 0.2) is 0 Å². The van der Waals surface area contributed by atoms with Crippen molar-refractivity contribution in [3.63, 3.8) is 0 Å². The fourth-order valence-corrected chi connectivity index (χ4v) is 1.31. The number of ether oxygens (including phenoxy) is 1. The van der Waals surface area contributed by atoms with E-state index in [2.05, 4.69) is 20.9 Å². The van der Waals surface area contributed by atoms with Crippen LogP contribution in [0.3, 0.4) is 0 Å². The van der Waals surface area contributed by atoms with Crippen molar-refractivity contribution in [2.24, 2.45) is 4.99 Å². The third kappa shape index (κ3) is 1.94. The molecule has 0 aliphatic heterocycles. The molecule has 0 saturated heterocycles. The average Bonchev–Trinajstić information content (AvgIpc) is 2.05. The summed E-state index contributed by atoms with van der Waals surface area (Å²) in [6.45, 7) is 0. The van der Waals surface area contributed by atoms with Crippen molar-refractivity contribution < 1.29 is 9.53 Å². The van der Waals surface area contributed by atoms with Gasteiger partial charge in [-0.25, -0.2) is 4.79 Å². The predicted molar refractivity (Wildman–Crippen MR) is 48.5 cm³/mol. The third-order valence-electron chi connectivity index (χ3n) is 1.31. The van der Waals surface area contributed by atoms with Gasteiger partial charge < -0.3 is 4.74 Å². The van der Waals surface area contributed by atoms with Gasteiger partial charge in [0.1, 0.15) is 5.75 Å². The Morgan fingerprint density at radius 3 is 2.83 bits per heavy atom. The highest BCUT2D eigenvalue weighted by Gasteiger charge is 1.99. The highest BCUT2D eigenvalue weighted by atomic mass is 79.9. The smallest absolute Gasteiger partial charge is 0.240 e. The van der Waals surface area contributed by atoms with Gasteiger partial charge in [-0.1, -0.05) is 0 Å². The molecule has 12 heavy (non-hydrogen) atoms. The van der Waals surface area contributed by atoms with Gasteiger partial charge in [0.05, 0.1) is 17.3 Å². The van der Waals surface area contributed by atoms with Gasteiger partial charge in [0.25, 0.3) is 0 Å². The molecule has 62 valence electrons. The van der Waals surface area contributed by atoms with Gasteiger partial charge >= 0.3 is 0 Å². The first-order valence-electron chi connectivity index (χ1n) is 3.19. The summed E-state index contributed by atoms with van der Waals surface area (Å²) in [5.41, 5.74) is 0.553. The first kappa shape index (κ1) is 8.97. The van der Waals surface area contributed by atoms with Crippen LogP contribution in [-0.4, -0.2) is 13.2 Å². The van der Waals surface area contributed by atoms with E-state index in [1.54, 1.807) is 25.3 Å². The second-order valence-corrected chi connectivity index (χ2v) is 2.88. The zero-order chi connectivity index (χ0) is 8.97. The number of isocyanates is 1. The van der Waals surface area contributed by atoms with E-state index >= 15 is 0 Å². The Morgan fingerprint density at radius 2 is 2.33 bits per heavy atom. The SMILES string of the molecule is COc1ccc(N=C=O)cc1Br. The number of halogens is 1. The van der Waals surface area contributed by atoms with E-state index in [-0.39, 0.29) is 0 Å². The molecule has 0 heterocycles. The first-order chi connectivity index (χ1) is 5.77. The fourth-order valence-electron chi connectivity index (χ4n) is 0.778. The highest BCUT2D eigenvalue weighted by Crippen LogP contribution is 2.28. The predicted octanol–water partition coefficient (Wildman–Crippen LogP) is 2.43. The molecule has 0 aliphatic carbocycles. The lowest BCUT2D eigenvalue weighted by Crippen LogP contribution is -1.82. The van der Waals surface area contributed by atoms with Crippen molar-refractivity contribution in [2.45, 2.75) is 0 Å². The van der Waals surface area contributed by atoms with Crippen LogP contribution >= 0.6 is 15.9 Å². The molecule has 1 aromatic carbocycles. The molecule has 0 unspecified atom stereocenters. The molecule has 4 heteroatoms. The maximum Gasteiger partial charge on any atom is 0.240 e. The minimum Gasteiger partial charge on any atom is -0.496 e. The minimum atomic E-state index is 0.553. The average molecular weight is 228 g/mol. The summed E-state index contributed by atoms with van der Waals surface area (Å²) in [7, 11) is 1.57. The number of nitrogens with zero attached hydrogens (tertiary/aromatic N) is 1. The van der Waals surface area contributed by atoms with Crippen molar-refractivity contribution in [1.82, 2.24) is 0 Å². The van der Waals surface area contributed by atoms with Crippen molar-refractivity contribution in [3.05, 3.63) is 22.7 Å². The molecule has 0 aliphatic rings. The molecule has 0 saturated carbocycles. The van der Waals surface area contributed by atoms with Gasteiger partial charge in [-0.15, -0.1) is 0 Å². The highest BCUT2D eigenvalue weighted by molar-refractivity contribution is 9.10. The number of methoxy groups -OCH3 is 1. The van der Waals surface area contributed by atoms with Crippen LogP contribution in [0.1, 0.15) is 0 Å². The van der Waals surface area contributed by atoms with E-state index in [1.165, 1.54) is 6.08 Å². The number of carbonyl (C=O) groups excluding carboxylic acids is 1. The van der Waals surface area contributed by atoms with Crippen LogP contribution in [0.5, 0.6) is 5.75 Å². The molecule has 0 spiro atoms. The van der Waals surface area contributed by atoms with Crippen molar-refractivity contribution in [2.75, 3.05) is 7.11 Å². The van der Waals surface area contributed by atoms with Gasteiger partial charge in [0, 0.05) is 0 Å². The third-order valence-corrected chi connectivity index (χ3v) is 1.93. The molecule has 0 bridgehead atoms. The van der Waals surface area contributed by atoms with E-state index in [1.807, 2.05) is 0 Å². The lowest BCUT2D eigenvalue weighted by Gasteiger charge is -2.01. The Morgan fingerprint density at radius 1 is 1.58 bits per heavy atom. The summed E-state index contributed by atoms with van der Waals surface area (Å²) in [5.74, 6) is 0.708. The molecular formula is C8H6BrNO2. The second kappa shape index (κ2) is 4.04. The van der Waals surface area contributed by atoms with Gasteiger partial charge in [-0.2, -0.15) is 4.99 Å². The van der Waals surface area contributed by atoms with Crippen LogP contribution in [0, 0.1) is 0 Å². The molecule has 0 aromatic heterocycles. The van der Waals surface area contributed by atoms with Crippen LogP contribution in [0.25, 0.3) is 0 Å². The minimum absolute atomic E-state index is 0.553. The Balaban J connectivity index is 3.09. The van der Waals surface area contributed by atoms with Crippen molar-refractivity contribution in [1.29, 1.82) is 0 Å². The lowest BCUT2D eigenvalue weighted by molar-refractivity contribution is 0.412.